The Labute approximate surface area is 312 Å². The quantitative estimate of drug-likeness (QED) is 0.204. The van der Waals surface area contributed by atoms with Gasteiger partial charge in [0.15, 0.2) is 0 Å². The highest BCUT2D eigenvalue weighted by atomic mass is 35.5. The largest absolute Gasteiger partial charge is 0.481 e. The monoisotopic (exact) mass is 764 g/mol. The molecule has 3 aromatic carbocycles. The van der Waals surface area contributed by atoms with Gasteiger partial charge in [0.25, 0.3) is 5.24 Å². The number of aliphatic carboxylic acids is 1. The second-order valence-corrected chi connectivity index (χ2v) is 14.8. The molecule has 2 unspecified atom stereocenters. The molecule has 13 heteroatoms. The Bertz CT molecular complexity index is 1740. The summed E-state index contributed by atoms with van der Waals surface area (Å²) in [6.07, 6.45) is 0.325. The van der Waals surface area contributed by atoms with E-state index < -0.39 is 22.7 Å². The van der Waals surface area contributed by atoms with Crippen molar-refractivity contribution in [3.8, 4) is 0 Å². The number of esters is 1. The first-order valence-electron chi connectivity index (χ1n) is 15.7. The van der Waals surface area contributed by atoms with E-state index in [-0.39, 0.29) is 58.7 Å². The van der Waals surface area contributed by atoms with E-state index in [1.54, 1.807) is 9.80 Å². The van der Waals surface area contributed by atoms with E-state index in [2.05, 4.69) is 0 Å². The summed E-state index contributed by atoms with van der Waals surface area (Å²) in [5, 5.41) is 8.95. The van der Waals surface area contributed by atoms with Crippen LogP contribution in [0.25, 0.3) is 0 Å². The number of amides is 2. The summed E-state index contributed by atoms with van der Waals surface area (Å²) < 4.78 is 5.40. The first-order valence-corrected chi connectivity index (χ1v) is 17.3. The molecule has 0 radical (unpaired) electrons. The van der Waals surface area contributed by atoms with Crippen LogP contribution in [0.4, 0.5) is 11.4 Å². The molecule has 1 N–H and O–H groups in total. The summed E-state index contributed by atoms with van der Waals surface area (Å²) >= 11 is 22.1. The lowest BCUT2D eigenvalue weighted by molar-refractivity contribution is -0.159. The molecule has 2 saturated heterocycles. The Balaban J connectivity index is 0.000000211. The fourth-order valence-corrected chi connectivity index (χ4v) is 7.04. The van der Waals surface area contributed by atoms with E-state index >= 15 is 0 Å². The average Bonchev–Trinajstić information content (AvgIpc) is 3.55. The van der Waals surface area contributed by atoms with Crippen molar-refractivity contribution in [2.45, 2.75) is 66.9 Å². The predicted octanol–water partition coefficient (Wildman–Crippen LogP) is 8.76. The molecule has 3 aromatic rings. The number of hydrogen-bond acceptors (Lipinski definition) is 6. The van der Waals surface area contributed by atoms with Gasteiger partial charge in [-0.1, -0.05) is 71.2 Å². The zero-order chi connectivity index (χ0) is 37.7. The first-order chi connectivity index (χ1) is 23.2. The van der Waals surface area contributed by atoms with E-state index in [0.717, 1.165) is 33.6 Å². The minimum Gasteiger partial charge on any atom is -0.481 e. The van der Waals surface area contributed by atoms with Gasteiger partial charge in [-0.25, -0.2) is 0 Å². The molecule has 2 aliphatic heterocycles. The number of carbonyl (C=O) groups excluding carboxylic acids is 4. The summed E-state index contributed by atoms with van der Waals surface area (Å²) in [5.74, 6) is -2.26. The zero-order valence-corrected chi connectivity index (χ0v) is 31.9. The maximum atomic E-state index is 12.3. The highest BCUT2D eigenvalue weighted by Gasteiger charge is 2.38. The third-order valence-electron chi connectivity index (χ3n) is 7.96. The number of carboxylic acid groups (broad SMARTS) is 1. The first kappa shape index (κ1) is 40.8. The van der Waals surface area contributed by atoms with Gasteiger partial charge < -0.3 is 19.6 Å². The number of carboxylic acids is 1. The Morgan fingerprint density at radius 3 is 1.46 bits per heavy atom. The van der Waals surface area contributed by atoms with Crippen LogP contribution in [0.15, 0.2) is 48.5 Å². The molecule has 0 aliphatic carbocycles. The number of anilines is 2. The fraction of sp³-hybridized carbons (Fsp3) is 0.378. The zero-order valence-electron chi connectivity index (χ0n) is 28.9. The van der Waals surface area contributed by atoms with Crippen molar-refractivity contribution in [3.63, 3.8) is 0 Å². The molecule has 50 heavy (non-hydrogen) atoms. The molecule has 0 saturated carbocycles. The molecule has 9 nitrogen and oxygen atoms in total. The minimum absolute atomic E-state index is 0.0109. The second kappa shape index (κ2) is 17.1. The molecular formula is C37H40Cl4N2O7. The van der Waals surface area contributed by atoms with Crippen molar-refractivity contribution in [3.05, 3.63) is 91.4 Å². The Morgan fingerprint density at radius 1 is 0.740 bits per heavy atom. The van der Waals surface area contributed by atoms with Crippen LogP contribution >= 0.6 is 46.4 Å². The molecule has 0 spiro atoms. The Kier molecular flexibility index (Phi) is 13.9. The van der Waals surface area contributed by atoms with Crippen molar-refractivity contribution >= 4 is 86.8 Å². The highest BCUT2D eigenvalue weighted by Crippen LogP contribution is 2.33. The van der Waals surface area contributed by atoms with Crippen LogP contribution in [0.5, 0.6) is 0 Å². The summed E-state index contributed by atoms with van der Waals surface area (Å²) in [6.45, 7) is 14.0. The van der Waals surface area contributed by atoms with Crippen LogP contribution in [0.3, 0.4) is 0 Å². The summed E-state index contributed by atoms with van der Waals surface area (Å²) in [6, 6.07) is 14.6. The van der Waals surface area contributed by atoms with Crippen molar-refractivity contribution in [2.75, 3.05) is 22.9 Å². The maximum absolute atomic E-state index is 12.3. The third kappa shape index (κ3) is 10.4. The lowest BCUT2D eigenvalue weighted by Gasteiger charge is -2.23. The summed E-state index contributed by atoms with van der Waals surface area (Å²) in [4.78, 5) is 61.3. The van der Waals surface area contributed by atoms with Gasteiger partial charge in [-0.15, -0.1) is 0 Å². The smallest absolute Gasteiger partial charge is 0.311 e. The van der Waals surface area contributed by atoms with Crippen molar-refractivity contribution in [1.29, 1.82) is 0 Å². The van der Waals surface area contributed by atoms with Crippen LogP contribution in [0.2, 0.25) is 15.1 Å². The number of nitrogens with zero attached hydrogens (tertiary/aromatic N) is 2. The number of hydrogen-bond donors (Lipinski definition) is 1. The van der Waals surface area contributed by atoms with Gasteiger partial charge in [0, 0.05) is 42.3 Å². The molecule has 0 aromatic heterocycles. The van der Waals surface area contributed by atoms with Crippen LogP contribution in [0, 0.1) is 39.5 Å². The molecule has 5 rings (SSSR count). The van der Waals surface area contributed by atoms with E-state index in [0.29, 0.717) is 11.6 Å². The molecule has 2 aliphatic rings. The molecule has 0 bridgehead atoms. The number of halogens is 4. The number of para-hydroxylation sites is 2. The van der Waals surface area contributed by atoms with Crippen LogP contribution in [-0.4, -0.2) is 52.8 Å². The number of ether oxygens (including phenoxy) is 1. The Hall–Kier alpha value is -3.63. The fourth-order valence-electron chi connectivity index (χ4n) is 5.75. The van der Waals surface area contributed by atoms with Gasteiger partial charge >= 0.3 is 11.9 Å². The van der Waals surface area contributed by atoms with Crippen LogP contribution in [0.1, 0.15) is 66.2 Å². The van der Waals surface area contributed by atoms with Crippen molar-refractivity contribution < 1.29 is 33.8 Å². The maximum Gasteiger partial charge on any atom is 0.311 e. The number of benzene rings is 3. The standard InChI is InChI=1S/C17H23NO3.C13H15NO3.C7H2Cl4O/c1-11-7-6-8-12(2)15(11)18-10-13(9-14(18)19)16(20)21-17(3,4)5;1-8-4-3-5-9(2)12(8)14-7-10(13(16)17)6-11(14)15;8-3-1-4(9)6(7(11)12)5(10)2-3/h6-8,13H,9-10H2,1-5H3;3-5,10H,6-7H2,1-2H3,(H,16,17);1-2H. The third-order valence-corrected chi connectivity index (χ3v) is 8.97. The summed E-state index contributed by atoms with van der Waals surface area (Å²) in [7, 11) is 0. The minimum atomic E-state index is -0.896. The van der Waals surface area contributed by atoms with E-state index in [9.17, 15) is 24.0 Å². The highest BCUT2D eigenvalue weighted by molar-refractivity contribution is 6.70. The summed E-state index contributed by atoms with van der Waals surface area (Å²) in [5.41, 5.74) is 5.46. The van der Waals surface area contributed by atoms with Crippen LogP contribution in [-0.2, 0) is 23.9 Å². The van der Waals surface area contributed by atoms with E-state index in [4.69, 9.17) is 56.2 Å². The van der Waals surface area contributed by atoms with Gasteiger partial charge in [0.2, 0.25) is 11.8 Å². The van der Waals surface area contributed by atoms with E-state index in [1.165, 1.54) is 12.1 Å². The van der Waals surface area contributed by atoms with Gasteiger partial charge in [-0.2, -0.15) is 0 Å². The molecule has 2 heterocycles. The molecule has 2 fully saturated rings. The van der Waals surface area contributed by atoms with Crippen molar-refractivity contribution in [2.24, 2.45) is 11.8 Å². The molecule has 2 atom stereocenters. The predicted molar refractivity (Wildman–Crippen MR) is 198 cm³/mol. The molecular weight excluding hydrogens is 726 g/mol. The van der Waals surface area contributed by atoms with Gasteiger partial charge in [-0.3, -0.25) is 24.0 Å². The topological polar surface area (TPSA) is 121 Å². The SMILES string of the molecule is Cc1cccc(C)c1N1CC(C(=O)O)CC1=O.Cc1cccc(C)c1N1CC(C(=O)OC(C)(C)C)CC1=O.O=C(Cl)c1c(Cl)cc(Cl)cc1Cl. The van der Waals surface area contributed by atoms with Crippen molar-refractivity contribution in [1.82, 2.24) is 0 Å². The van der Waals surface area contributed by atoms with Crippen LogP contribution < -0.4 is 9.80 Å². The normalized spacial score (nSPS) is 17.1. The molecule has 268 valence electrons. The average molecular weight is 767 g/mol. The lowest BCUT2D eigenvalue weighted by atomic mass is 10.1. The number of carbonyl (C=O) groups is 5. The number of aryl methyl sites for hydroxylation is 4. The molecule has 2 amide bonds. The van der Waals surface area contributed by atoms with Gasteiger partial charge in [-0.05, 0) is 94.5 Å². The number of rotatable bonds is 5. The van der Waals surface area contributed by atoms with E-state index in [1.807, 2.05) is 84.9 Å². The Morgan fingerprint density at radius 2 is 1.12 bits per heavy atom. The van der Waals surface area contributed by atoms with Gasteiger partial charge in [0.05, 0.1) is 27.4 Å². The second-order valence-electron chi connectivity index (χ2n) is 13.2. The van der Waals surface area contributed by atoms with Gasteiger partial charge in [0.1, 0.15) is 5.60 Å². The lowest BCUT2D eigenvalue weighted by Crippen LogP contribution is -2.31.